The molecule has 0 radical (unpaired) electrons. The topological polar surface area (TPSA) is 92.6 Å². The zero-order valence-electron chi connectivity index (χ0n) is 10.7. The number of rotatable bonds is 2. The van der Waals surface area contributed by atoms with Gasteiger partial charge in [0.15, 0.2) is 0 Å². The van der Waals surface area contributed by atoms with Crippen LogP contribution in [-0.2, 0) is 0 Å². The third-order valence-electron chi connectivity index (χ3n) is 4.33. The van der Waals surface area contributed by atoms with Gasteiger partial charge in [-0.2, -0.15) is 0 Å². The lowest BCUT2D eigenvalue weighted by Crippen LogP contribution is -2.45. The van der Waals surface area contributed by atoms with Gasteiger partial charge in [0.25, 0.3) is 5.91 Å². The summed E-state index contributed by atoms with van der Waals surface area (Å²) < 4.78 is 0. The van der Waals surface area contributed by atoms with E-state index >= 15 is 0 Å². The van der Waals surface area contributed by atoms with Crippen molar-refractivity contribution in [2.24, 2.45) is 5.73 Å². The number of para-hydroxylation sites is 1. The van der Waals surface area contributed by atoms with Crippen LogP contribution < -0.4 is 16.4 Å². The van der Waals surface area contributed by atoms with Crippen LogP contribution in [0.15, 0.2) is 18.2 Å². The number of nitrogens with two attached hydrogens (primary N) is 2. The highest BCUT2D eigenvalue weighted by Crippen LogP contribution is 2.42. The van der Waals surface area contributed by atoms with E-state index in [9.17, 15) is 9.90 Å². The summed E-state index contributed by atoms with van der Waals surface area (Å²) in [5, 5.41) is 9.83. The molecule has 2 bridgehead atoms. The average Bonchev–Trinajstić information content (AvgIpc) is 2.62. The van der Waals surface area contributed by atoms with Crippen molar-refractivity contribution in [2.45, 2.75) is 43.9 Å². The van der Waals surface area contributed by atoms with Crippen LogP contribution in [0, 0.1) is 0 Å². The minimum atomic E-state index is -0.497. The highest BCUT2D eigenvalue weighted by atomic mass is 16.3. The van der Waals surface area contributed by atoms with Crippen molar-refractivity contribution in [1.29, 1.82) is 0 Å². The Bertz CT molecular complexity index is 503. The van der Waals surface area contributed by atoms with Gasteiger partial charge in [-0.3, -0.25) is 4.79 Å². The van der Waals surface area contributed by atoms with Gasteiger partial charge >= 0.3 is 0 Å². The molecule has 19 heavy (non-hydrogen) atoms. The Morgan fingerprint density at radius 2 is 1.89 bits per heavy atom. The maximum absolute atomic E-state index is 11.4. The zero-order chi connectivity index (χ0) is 13.6. The van der Waals surface area contributed by atoms with Crippen LogP contribution in [0.4, 0.5) is 11.4 Å². The van der Waals surface area contributed by atoms with Crippen LogP contribution in [0.5, 0.6) is 0 Å². The summed E-state index contributed by atoms with van der Waals surface area (Å²) in [6.07, 6.45) is 3.48. The van der Waals surface area contributed by atoms with Crippen molar-refractivity contribution in [3.63, 3.8) is 0 Å². The number of fused-ring (bicyclic) bond motifs is 2. The Kier molecular flexibility index (Phi) is 2.86. The summed E-state index contributed by atoms with van der Waals surface area (Å²) in [6.45, 7) is 0. The van der Waals surface area contributed by atoms with Gasteiger partial charge in [0.05, 0.1) is 23.0 Å². The Morgan fingerprint density at radius 3 is 2.47 bits per heavy atom. The summed E-state index contributed by atoms with van der Waals surface area (Å²) in [7, 11) is 0. The monoisotopic (exact) mass is 261 g/mol. The number of piperidine rings is 1. The van der Waals surface area contributed by atoms with Crippen LogP contribution in [0.1, 0.15) is 36.0 Å². The maximum Gasteiger partial charge on any atom is 0.250 e. The molecule has 1 amide bonds. The Morgan fingerprint density at radius 1 is 1.26 bits per heavy atom. The van der Waals surface area contributed by atoms with E-state index in [0.717, 1.165) is 31.4 Å². The lowest BCUT2D eigenvalue weighted by Gasteiger charge is -2.39. The minimum absolute atomic E-state index is 0.214. The van der Waals surface area contributed by atoms with Gasteiger partial charge in [0.2, 0.25) is 0 Å². The van der Waals surface area contributed by atoms with Crippen molar-refractivity contribution in [2.75, 3.05) is 10.6 Å². The first-order valence-electron chi connectivity index (χ1n) is 6.72. The molecular weight excluding hydrogens is 242 g/mol. The quantitative estimate of drug-likeness (QED) is 0.688. The third kappa shape index (κ3) is 1.94. The smallest absolute Gasteiger partial charge is 0.250 e. The first-order valence-corrected chi connectivity index (χ1v) is 6.72. The van der Waals surface area contributed by atoms with Crippen LogP contribution in [-0.4, -0.2) is 29.2 Å². The summed E-state index contributed by atoms with van der Waals surface area (Å²) >= 11 is 0. The minimum Gasteiger partial charge on any atom is -0.396 e. The molecule has 2 fully saturated rings. The van der Waals surface area contributed by atoms with Crippen LogP contribution in [0.3, 0.4) is 0 Å². The van der Waals surface area contributed by atoms with Gasteiger partial charge in [-0.1, -0.05) is 6.07 Å². The third-order valence-corrected chi connectivity index (χ3v) is 4.33. The number of benzene rings is 1. The number of primary amides is 1. The largest absolute Gasteiger partial charge is 0.396 e. The van der Waals surface area contributed by atoms with E-state index in [0.29, 0.717) is 23.3 Å². The van der Waals surface area contributed by atoms with Crippen molar-refractivity contribution in [3.8, 4) is 0 Å². The predicted molar refractivity (Wildman–Crippen MR) is 73.9 cm³/mol. The lowest BCUT2D eigenvalue weighted by molar-refractivity contribution is 0.100. The summed E-state index contributed by atoms with van der Waals surface area (Å²) in [6, 6.07) is 6.04. The molecular formula is C14H19N3O2. The second-order valence-electron chi connectivity index (χ2n) is 5.52. The highest BCUT2D eigenvalue weighted by molar-refractivity contribution is 6.01. The number of aliphatic hydroxyl groups excluding tert-OH is 1. The molecule has 2 aliphatic heterocycles. The fraction of sp³-hybridized carbons (Fsp3) is 0.500. The summed E-state index contributed by atoms with van der Waals surface area (Å²) in [5.74, 6) is -0.497. The van der Waals surface area contributed by atoms with E-state index < -0.39 is 5.91 Å². The van der Waals surface area contributed by atoms with Crippen molar-refractivity contribution < 1.29 is 9.90 Å². The molecule has 5 N–H and O–H groups in total. The maximum atomic E-state index is 11.4. The first-order chi connectivity index (χ1) is 9.08. The molecule has 1 aromatic rings. The van der Waals surface area contributed by atoms with Gasteiger partial charge in [-0.15, -0.1) is 0 Å². The van der Waals surface area contributed by atoms with Gasteiger partial charge in [-0.25, -0.2) is 0 Å². The van der Waals surface area contributed by atoms with Crippen molar-refractivity contribution >= 4 is 17.3 Å². The molecule has 5 heteroatoms. The number of amides is 1. The van der Waals surface area contributed by atoms with Crippen LogP contribution in [0.25, 0.3) is 0 Å². The fourth-order valence-electron chi connectivity index (χ4n) is 3.53. The SMILES string of the molecule is NC(=O)c1cccc(N2C3CCC2CC(O)C3)c1N. The van der Waals surface area contributed by atoms with Crippen LogP contribution in [0.2, 0.25) is 0 Å². The number of hydrogen-bond acceptors (Lipinski definition) is 4. The first kappa shape index (κ1) is 12.3. The van der Waals surface area contributed by atoms with E-state index in [1.54, 1.807) is 6.07 Å². The van der Waals surface area contributed by atoms with Gasteiger partial charge in [-0.05, 0) is 37.8 Å². The molecule has 3 rings (SSSR count). The molecule has 2 unspecified atom stereocenters. The standard InChI is InChI=1S/C14H19N3O2/c15-13-11(14(16)19)2-1-3-12(13)17-8-4-5-9(17)7-10(18)6-8/h1-3,8-10,18H,4-7,15H2,(H2,16,19). The number of nitrogens with zero attached hydrogens (tertiary/aromatic N) is 1. The van der Waals surface area contributed by atoms with E-state index in [2.05, 4.69) is 4.90 Å². The molecule has 2 saturated heterocycles. The molecule has 0 aromatic heterocycles. The molecule has 0 spiro atoms. The average molecular weight is 261 g/mol. The van der Waals surface area contributed by atoms with Crippen molar-refractivity contribution in [3.05, 3.63) is 23.8 Å². The zero-order valence-corrected chi connectivity index (χ0v) is 10.7. The molecule has 0 saturated carbocycles. The molecule has 102 valence electrons. The van der Waals surface area contributed by atoms with E-state index in [4.69, 9.17) is 11.5 Å². The molecule has 0 aliphatic carbocycles. The van der Waals surface area contributed by atoms with Gasteiger partial charge in [0.1, 0.15) is 0 Å². The van der Waals surface area contributed by atoms with Gasteiger partial charge < -0.3 is 21.5 Å². The second kappa shape index (κ2) is 4.42. The highest BCUT2D eigenvalue weighted by Gasteiger charge is 2.41. The number of hydrogen-bond donors (Lipinski definition) is 3. The number of aliphatic hydroxyl groups is 1. The van der Waals surface area contributed by atoms with E-state index in [1.165, 1.54) is 0 Å². The predicted octanol–water partition coefficient (Wildman–Crippen LogP) is 0.860. The molecule has 1 aromatic carbocycles. The normalized spacial score (nSPS) is 29.5. The Labute approximate surface area is 112 Å². The number of anilines is 2. The van der Waals surface area contributed by atoms with Gasteiger partial charge in [0, 0.05) is 12.1 Å². The molecule has 2 aliphatic rings. The number of carbonyl (C=O) groups is 1. The number of carbonyl (C=O) groups excluding carboxylic acids is 1. The Hall–Kier alpha value is -1.75. The molecule has 2 heterocycles. The second-order valence-corrected chi connectivity index (χ2v) is 5.52. The molecule has 2 atom stereocenters. The lowest BCUT2D eigenvalue weighted by atomic mass is 9.98. The number of nitrogen functional groups attached to an aromatic ring is 1. The Balaban J connectivity index is 1.99. The fourth-order valence-corrected chi connectivity index (χ4v) is 3.53. The van der Waals surface area contributed by atoms with Crippen LogP contribution >= 0.6 is 0 Å². The molecule has 5 nitrogen and oxygen atoms in total. The summed E-state index contributed by atoms with van der Waals surface area (Å²) in [4.78, 5) is 13.6. The summed E-state index contributed by atoms with van der Waals surface area (Å²) in [5.41, 5.74) is 13.2. The van der Waals surface area contributed by atoms with E-state index in [1.807, 2.05) is 12.1 Å². The van der Waals surface area contributed by atoms with Crippen molar-refractivity contribution in [1.82, 2.24) is 0 Å². The van der Waals surface area contributed by atoms with E-state index in [-0.39, 0.29) is 6.10 Å².